The van der Waals surface area contributed by atoms with E-state index in [4.69, 9.17) is 0 Å². The van der Waals surface area contributed by atoms with Gasteiger partial charge in [0.05, 0.1) is 0 Å². The predicted octanol–water partition coefficient (Wildman–Crippen LogP) is 2.19. The highest BCUT2D eigenvalue weighted by Gasteiger charge is 2.31. The highest BCUT2D eigenvalue weighted by Crippen LogP contribution is 2.23. The maximum atomic E-state index is 11.3. The summed E-state index contributed by atoms with van der Waals surface area (Å²) in [6, 6.07) is 0.444. The lowest BCUT2D eigenvalue weighted by Gasteiger charge is -2.41. The van der Waals surface area contributed by atoms with Crippen LogP contribution in [0.4, 0.5) is 0 Å². The minimum Gasteiger partial charge on any atom is -0.480 e. The van der Waals surface area contributed by atoms with E-state index in [0.29, 0.717) is 6.04 Å². The summed E-state index contributed by atoms with van der Waals surface area (Å²) >= 11 is 0. The van der Waals surface area contributed by atoms with Crippen LogP contribution >= 0.6 is 0 Å². The number of carboxylic acid groups (broad SMARTS) is 1. The molecule has 0 spiro atoms. The number of aliphatic carboxylic acids is 1. The van der Waals surface area contributed by atoms with Gasteiger partial charge in [-0.3, -0.25) is 9.69 Å². The zero-order valence-corrected chi connectivity index (χ0v) is 12.2. The highest BCUT2D eigenvalue weighted by atomic mass is 16.4. The van der Waals surface area contributed by atoms with Gasteiger partial charge in [0.25, 0.3) is 0 Å². The van der Waals surface area contributed by atoms with E-state index in [0.717, 1.165) is 38.8 Å². The van der Waals surface area contributed by atoms with E-state index in [1.165, 1.54) is 32.4 Å². The second-order valence-electron chi connectivity index (χ2n) is 6.01. The molecule has 2 rings (SSSR count). The van der Waals surface area contributed by atoms with Gasteiger partial charge >= 0.3 is 5.97 Å². The summed E-state index contributed by atoms with van der Waals surface area (Å²) in [6.07, 6.45) is 8.09. The first-order valence-electron chi connectivity index (χ1n) is 7.93. The first-order chi connectivity index (χ1) is 9.22. The fourth-order valence-corrected chi connectivity index (χ4v) is 3.58. The SMILES string of the molecule is CCCC(C(=O)O)N1CCC(N2CCCCC2)CC1. The molecule has 1 atom stereocenters. The molecule has 0 aromatic rings. The van der Waals surface area contributed by atoms with E-state index in [9.17, 15) is 9.90 Å². The Labute approximate surface area is 116 Å². The Hall–Kier alpha value is -0.610. The molecule has 4 nitrogen and oxygen atoms in total. The average Bonchev–Trinajstić information content (AvgIpc) is 2.46. The monoisotopic (exact) mass is 268 g/mol. The van der Waals surface area contributed by atoms with E-state index < -0.39 is 5.97 Å². The van der Waals surface area contributed by atoms with Crippen LogP contribution in [0.15, 0.2) is 0 Å². The Balaban J connectivity index is 1.82. The molecular weight excluding hydrogens is 240 g/mol. The third-order valence-corrected chi connectivity index (χ3v) is 4.69. The van der Waals surface area contributed by atoms with Crippen LogP contribution in [0.3, 0.4) is 0 Å². The van der Waals surface area contributed by atoms with Gasteiger partial charge in [-0.15, -0.1) is 0 Å². The van der Waals surface area contributed by atoms with E-state index in [1.54, 1.807) is 0 Å². The largest absolute Gasteiger partial charge is 0.480 e. The number of hydrogen-bond donors (Lipinski definition) is 1. The Bertz CT molecular complexity index is 282. The Morgan fingerprint density at radius 1 is 1.16 bits per heavy atom. The number of hydrogen-bond acceptors (Lipinski definition) is 3. The van der Waals surface area contributed by atoms with Crippen molar-refractivity contribution in [3.8, 4) is 0 Å². The molecule has 2 aliphatic heterocycles. The van der Waals surface area contributed by atoms with Crippen molar-refractivity contribution in [2.75, 3.05) is 26.2 Å². The molecule has 0 aromatic heterocycles. The molecule has 2 fully saturated rings. The summed E-state index contributed by atoms with van der Waals surface area (Å²) in [4.78, 5) is 16.1. The van der Waals surface area contributed by atoms with Crippen LogP contribution in [0.25, 0.3) is 0 Å². The van der Waals surface area contributed by atoms with Crippen molar-refractivity contribution in [1.82, 2.24) is 9.80 Å². The summed E-state index contributed by atoms with van der Waals surface area (Å²) in [5, 5.41) is 9.32. The van der Waals surface area contributed by atoms with Crippen LogP contribution in [0.1, 0.15) is 51.9 Å². The zero-order chi connectivity index (χ0) is 13.7. The fourth-order valence-electron chi connectivity index (χ4n) is 3.58. The van der Waals surface area contributed by atoms with Gasteiger partial charge in [0.15, 0.2) is 0 Å². The van der Waals surface area contributed by atoms with Crippen LogP contribution in [0.5, 0.6) is 0 Å². The van der Waals surface area contributed by atoms with Gasteiger partial charge in [0, 0.05) is 19.1 Å². The second-order valence-corrected chi connectivity index (χ2v) is 6.01. The van der Waals surface area contributed by atoms with Crippen molar-refractivity contribution in [3.63, 3.8) is 0 Å². The molecule has 19 heavy (non-hydrogen) atoms. The maximum Gasteiger partial charge on any atom is 0.320 e. The average molecular weight is 268 g/mol. The number of carboxylic acids is 1. The van der Waals surface area contributed by atoms with Gasteiger partial charge in [0.1, 0.15) is 6.04 Å². The third-order valence-electron chi connectivity index (χ3n) is 4.69. The molecule has 2 heterocycles. The first kappa shape index (κ1) is 14.8. The van der Waals surface area contributed by atoms with Gasteiger partial charge in [-0.05, 0) is 45.2 Å². The molecule has 2 saturated heterocycles. The van der Waals surface area contributed by atoms with Gasteiger partial charge < -0.3 is 10.0 Å². The quantitative estimate of drug-likeness (QED) is 0.830. The van der Waals surface area contributed by atoms with Gasteiger partial charge in [-0.1, -0.05) is 19.8 Å². The van der Waals surface area contributed by atoms with Gasteiger partial charge in [-0.25, -0.2) is 0 Å². The van der Waals surface area contributed by atoms with Crippen molar-refractivity contribution >= 4 is 5.97 Å². The molecule has 2 aliphatic rings. The highest BCUT2D eigenvalue weighted by molar-refractivity contribution is 5.73. The van der Waals surface area contributed by atoms with Crippen LogP contribution in [-0.4, -0.2) is 59.1 Å². The molecule has 0 aromatic carbocycles. The maximum absolute atomic E-state index is 11.3. The Morgan fingerprint density at radius 3 is 2.32 bits per heavy atom. The van der Waals surface area contributed by atoms with E-state index in [-0.39, 0.29) is 6.04 Å². The molecule has 0 bridgehead atoms. The topological polar surface area (TPSA) is 43.8 Å². The molecule has 110 valence electrons. The van der Waals surface area contributed by atoms with Crippen molar-refractivity contribution < 1.29 is 9.90 Å². The van der Waals surface area contributed by atoms with E-state index >= 15 is 0 Å². The summed E-state index contributed by atoms with van der Waals surface area (Å²) in [6.45, 7) is 6.48. The van der Waals surface area contributed by atoms with Crippen molar-refractivity contribution in [1.29, 1.82) is 0 Å². The zero-order valence-electron chi connectivity index (χ0n) is 12.2. The van der Waals surface area contributed by atoms with E-state index in [2.05, 4.69) is 16.7 Å². The Morgan fingerprint density at radius 2 is 1.79 bits per heavy atom. The number of carbonyl (C=O) groups is 1. The summed E-state index contributed by atoms with van der Waals surface area (Å²) in [5.41, 5.74) is 0. The summed E-state index contributed by atoms with van der Waals surface area (Å²) in [7, 11) is 0. The van der Waals surface area contributed by atoms with Crippen LogP contribution in [-0.2, 0) is 4.79 Å². The lowest BCUT2D eigenvalue weighted by Crippen LogP contribution is -2.51. The molecule has 0 saturated carbocycles. The fraction of sp³-hybridized carbons (Fsp3) is 0.933. The van der Waals surface area contributed by atoms with Crippen LogP contribution < -0.4 is 0 Å². The number of piperidine rings is 2. The Kier molecular flexibility index (Phi) is 5.64. The van der Waals surface area contributed by atoms with E-state index in [1.807, 2.05) is 0 Å². The lowest BCUT2D eigenvalue weighted by molar-refractivity contribution is -0.144. The second kappa shape index (κ2) is 7.25. The predicted molar refractivity (Wildman–Crippen MR) is 76.4 cm³/mol. The van der Waals surface area contributed by atoms with Crippen LogP contribution in [0, 0.1) is 0 Å². The third kappa shape index (κ3) is 3.93. The summed E-state index contributed by atoms with van der Waals surface area (Å²) in [5.74, 6) is -0.640. The number of likely N-dealkylation sites (tertiary alicyclic amines) is 2. The first-order valence-corrected chi connectivity index (χ1v) is 7.93. The van der Waals surface area contributed by atoms with Gasteiger partial charge in [-0.2, -0.15) is 0 Å². The normalized spacial score (nSPS) is 25.3. The van der Waals surface area contributed by atoms with Crippen molar-refractivity contribution in [2.24, 2.45) is 0 Å². The standard InChI is InChI=1S/C15H28N2O2/c1-2-6-14(15(18)19)17-11-7-13(8-12-17)16-9-4-3-5-10-16/h13-14H,2-12H2,1H3,(H,18,19). The molecule has 0 amide bonds. The molecular formula is C15H28N2O2. The molecule has 1 unspecified atom stereocenters. The minimum absolute atomic E-state index is 0.257. The molecule has 0 radical (unpaired) electrons. The number of nitrogens with zero attached hydrogens (tertiary/aromatic N) is 2. The molecule has 4 heteroatoms. The number of rotatable bonds is 5. The minimum atomic E-state index is -0.640. The molecule has 1 N–H and O–H groups in total. The smallest absolute Gasteiger partial charge is 0.320 e. The van der Waals surface area contributed by atoms with Crippen molar-refractivity contribution in [3.05, 3.63) is 0 Å². The molecule has 0 aliphatic carbocycles. The summed E-state index contributed by atoms with van der Waals surface area (Å²) < 4.78 is 0. The van der Waals surface area contributed by atoms with Crippen molar-refractivity contribution in [2.45, 2.75) is 64.0 Å². The van der Waals surface area contributed by atoms with Gasteiger partial charge in [0.2, 0.25) is 0 Å². The van der Waals surface area contributed by atoms with Crippen LogP contribution in [0.2, 0.25) is 0 Å². The lowest BCUT2D eigenvalue weighted by atomic mass is 9.98.